The van der Waals surface area contributed by atoms with Crippen LogP contribution in [0.1, 0.15) is 5.56 Å². The monoisotopic (exact) mass is 323 g/mol. The highest BCUT2D eigenvalue weighted by Crippen LogP contribution is 2.20. The lowest BCUT2D eigenvalue weighted by Crippen LogP contribution is -2.24. The summed E-state index contributed by atoms with van der Waals surface area (Å²) < 4.78 is 25.1. The molecule has 90 valence electrons. The first-order chi connectivity index (χ1) is 7.49. The molecular weight excluding hydrogens is 310 g/mol. The van der Waals surface area contributed by atoms with Crippen LogP contribution in [0.5, 0.6) is 0 Å². The van der Waals surface area contributed by atoms with Gasteiger partial charge in [0.05, 0.1) is 6.26 Å². The van der Waals surface area contributed by atoms with Crippen molar-refractivity contribution in [3.8, 4) is 0 Å². The molecule has 0 saturated carbocycles. The van der Waals surface area contributed by atoms with Gasteiger partial charge in [-0.1, -0.05) is 34.1 Å². The third-order valence-electron chi connectivity index (χ3n) is 1.83. The van der Waals surface area contributed by atoms with Crippen LogP contribution in [0.25, 0.3) is 0 Å². The first-order valence-corrected chi connectivity index (χ1v) is 8.59. The Morgan fingerprint density at radius 3 is 2.69 bits per heavy atom. The maximum absolute atomic E-state index is 10.8. The molecule has 1 rings (SSSR count). The zero-order valence-electron chi connectivity index (χ0n) is 8.94. The summed E-state index contributed by atoms with van der Waals surface area (Å²) in [7, 11) is -3.05. The van der Waals surface area contributed by atoms with Crippen LogP contribution in [0.3, 0.4) is 0 Å². The molecule has 0 atom stereocenters. The second-order valence-electron chi connectivity index (χ2n) is 3.31. The van der Waals surface area contributed by atoms with Gasteiger partial charge in [0.2, 0.25) is 10.0 Å². The van der Waals surface area contributed by atoms with Crippen LogP contribution in [0.15, 0.2) is 28.7 Å². The van der Waals surface area contributed by atoms with Gasteiger partial charge in [-0.15, -0.1) is 0 Å². The van der Waals surface area contributed by atoms with E-state index in [4.69, 9.17) is 0 Å². The van der Waals surface area contributed by atoms with E-state index in [1.165, 1.54) is 11.8 Å². The number of rotatable bonds is 6. The van der Waals surface area contributed by atoms with Crippen LogP contribution in [-0.2, 0) is 15.8 Å². The lowest BCUT2D eigenvalue weighted by molar-refractivity contribution is 0.590. The molecule has 0 aliphatic carbocycles. The Morgan fingerprint density at radius 2 is 2.06 bits per heavy atom. The second kappa shape index (κ2) is 6.64. The van der Waals surface area contributed by atoms with E-state index >= 15 is 0 Å². The topological polar surface area (TPSA) is 46.2 Å². The highest BCUT2D eigenvalue weighted by molar-refractivity contribution is 9.10. The van der Waals surface area contributed by atoms with Gasteiger partial charge < -0.3 is 0 Å². The van der Waals surface area contributed by atoms with Crippen LogP contribution in [0.2, 0.25) is 0 Å². The molecule has 16 heavy (non-hydrogen) atoms. The third kappa shape index (κ3) is 5.89. The third-order valence-corrected chi connectivity index (χ3v) is 4.34. The number of nitrogens with one attached hydrogen (secondary N) is 1. The number of thioether (sulfide) groups is 1. The molecule has 0 unspecified atom stereocenters. The molecule has 0 heterocycles. The summed E-state index contributed by atoms with van der Waals surface area (Å²) in [6.45, 7) is 0.480. The molecule has 0 spiro atoms. The van der Waals surface area contributed by atoms with Crippen molar-refractivity contribution in [1.82, 2.24) is 4.72 Å². The average Bonchev–Trinajstić information content (AvgIpc) is 2.18. The van der Waals surface area contributed by atoms with Gasteiger partial charge in [0.15, 0.2) is 0 Å². The molecule has 1 aromatic carbocycles. The molecular formula is C10H14BrNO2S2. The van der Waals surface area contributed by atoms with Gasteiger partial charge in [-0.2, -0.15) is 11.8 Å². The van der Waals surface area contributed by atoms with Crippen LogP contribution in [0.4, 0.5) is 0 Å². The van der Waals surface area contributed by atoms with E-state index in [0.29, 0.717) is 6.54 Å². The molecule has 0 saturated heterocycles. The minimum absolute atomic E-state index is 0.480. The summed E-state index contributed by atoms with van der Waals surface area (Å²) in [5, 5.41) is 0. The smallest absolute Gasteiger partial charge is 0.208 e. The molecule has 1 aromatic rings. The Labute approximate surface area is 109 Å². The summed E-state index contributed by atoms with van der Waals surface area (Å²) in [5.41, 5.74) is 1.23. The fourth-order valence-corrected chi connectivity index (χ4v) is 3.17. The lowest BCUT2D eigenvalue weighted by Gasteiger charge is -2.04. The highest BCUT2D eigenvalue weighted by Gasteiger charge is 2.01. The van der Waals surface area contributed by atoms with Gasteiger partial charge in [-0.05, 0) is 11.6 Å². The lowest BCUT2D eigenvalue weighted by atomic mass is 10.2. The fourth-order valence-electron chi connectivity index (χ4n) is 1.10. The molecule has 0 fully saturated rings. The molecule has 0 radical (unpaired) electrons. The normalized spacial score (nSPS) is 11.6. The summed E-state index contributed by atoms with van der Waals surface area (Å²) in [5.74, 6) is 1.65. The molecule has 0 bridgehead atoms. The van der Waals surface area contributed by atoms with Gasteiger partial charge in [0.25, 0.3) is 0 Å². The zero-order valence-corrected chi connectivity index (χ0v) is 12.2. The van der Waals surface area contributed by atoms with Crippen LogP contribution < -0.4 is 4.72 Å². The van der Waals surface area contributed by atoms with E-state index in [1.54, 1.807) is 11.8 Å². The van der Waals surface area contributed by atoms with Crippen molar-refractivity contribution in [1.29, 1.82) is 0 Å². The Kier molecular flexibility index (Phi) is 5.82. The summed E-state index contributed by atoms with van der Waals surface area (Å²) in [6.07, 6.45) is 1.17. The van der Waals surface area contributed by atoms with Gasteiger partial charge >= 0.3 is 0 Å². The van der Waals surface area contributed by atoms with E-state index in [1.807, 2.05) is 18.2 Å². The predicted molar refractivity (Wildman–Crippen MR) is 73.2 cm³/mol. The summed E-state index contributed by atoms with van der Waals surface area (Å²) in [6, 6.07) is 8.03. The highest BCUT2D eigenvalue weighted by atomic mass is 79.9. The summed E-state index contributed by atoms with van der Waals surface area (Å²) >= 11 is 5.18. The number of benzene rings is 1. The first kappa shape index (κ1) is 14.0. The van der Waals surface area contributed by atoms with Crippen molar-refractivity contribution in [2.75, 3.05) is 18.6 Å². The molecule has 6 heteroatoms. The van der Waals surface area contributed by atoms with Crippen molar-refractivity contribution in [2.24, 2.45) is 0 Å². The van der Waals surface area contributed by atoms with Gasteiger partial charge in [0.1, 0.15) is 0 Å². The van der Waals surface area contributed by atoms with Crippen molar-refractivity contribution in [3.05, 3.63) is 34.3 Å². The Morgan fingerprint density at radius 1 is 1.38 bits per heavy atom. The van der Waals surface area contributed by atoms with Gasteiger partial charge in [-0.3, -0.25) is 0 Å². The van der Waals surface area contributed by atoms with Gasteiger partial charge in [0, 0.05) is 22.5 Å². The van der Waals surface area contributed by atoms with Crippen molar-refractivity contribution < 1.29 is 8.42 Å². The van der Waals surface area contributed by atoms with E-state index < -0.39 is 10.0 Å². The van der Waals surface area contributed by atoms with E-state index in [-0.39, 0.29) is 0 Å². The second-order valence-corrected chi connectivity index (χ2v) is 7.10. The van der Waals surface area contributed by atoms with Crippen molar-refractivity contribution in [3.63, 3.8) is 0 Å². The van der Waals surface area contributed by atoms with E-state index in [2.05, 4.69) is 26.7 Å². The van der Waals surface area contributed by atoms with Crippen molar-refractivity contribution >= 4 is 37.7 Å². The fraction of sp³-hybridized carbons (Fsp3) is 0.400. The van der Waals surface area contributed by atoms with Crippen LogP contribution in [-0.4, -0.2) is 27.0 Å². The van der Waals surface area contributed by atoms with Crippen LogP contribution in [0, 0.1) is 0 Å². The number of sulfonamides is 1. The SMILES string of the molecule is CS(=O)(=O)NCCSCc1ccccc1Br. The van der Waals surface area contributed by atoms with Crippen LogP contribution >= 0.6 is 27.7 Å². The Balaban J connectivity index is 2.24. The van der Waals surface area contributed by atoms with E-state index in [0.717, 1.165) is 16.0 Å². The molecule has 3 nitrogen and oxygen atoms in total. The number of hydrogen-bond donors (Lipinski definition) is 1. The largest absolute Gasteiger partial charge is 0.215 e. The maximum Gasteiger partial charge on any atom is 0.208 e. The molecule has 0 amide bonds. The molecule has 0 aromatic heterocycles. The molecule has 0 aliphatic heterocycles. The minimum Gasteiger partial charge on any atom is -0.215 e. The number of halogens is 1. The molecule has 0 aliphatic rings. The summed E-state index contributed by atoms with van der Waals surface area (Å²) in [4.78, 5) is 0. The first-order valence-electron chi connectivity index (χ1n) is 4.75. The van der Waals surface area contributed by atoms with E-state index in [9.17, 15) is 8.42 Å². The van der Waals surface area contributed by atoms with Gasteiger partial charge in [-0.25, -0.2) is 13.1 Å². The van der Waals surface area contributed by atoms with Crippen molar-refractivity contribution in [2.45, 2.75) is 5.75 Å². The number of hydrogen-bond acceptors (Lipinski definition) is 3. The Hall–Kier alpha value is -0.0400. The minimum atomic E-state index is -3.05. The average molecular weight is 324 g/mol. The standard InChI is InChI=1S/C10H14BrNO2S2/c1-16(13,14)12-6-7-15-8-9-4-2-3-5-10(9)11/h2-5,12H,6-8H2,1H3. The zero-order chi connectivity index (χ0) is 12.0. The predicted octanol–water partition coefficient (Wildman–Crippen LogP) is 2.23. The molecule has 1 N–H and O–H groups in total. The quantitative estimate of drug-likeness (QED) is 0.816. The maximum atomic E-state index is 10.8. The Bertz CT molecular complexity index is 434.